The molecule has 0 radical (unpaired) electrons. The van der Waals surface area contributed by atoms with Gasteiger partial charge in [0.25, 0.3) is 0 Å². The van der Waals surface area contributed by atoms with E-state index >= 15 is 0 Å². The molecule has 0 aliphatic heterocycles. The molecule has 1 atom stereocenters. The van der Waals surface area contributed by atoms with Crippen molar-refractivity contribution in [3.05, 3.63) is 40.4 Å². The second kappa shape index (κ2) is 4.83. The Morgan fingerprint density at radius 1 is 1.42 bits per heavy atom. The van der Waals surface area contributed by atoms with E-state index < -0.39 is 0 Å². The zero-order chi connectivity index (χ0) is 8.97. The minimum atomic E-state index is 0.427. The maximum Gasteiger partial charge on any atom is 0.0300 e. The Morgan fingerprint density at radius 3 is 2.75 bits per heavy atom. The van der Waals surface area contributed by atoms with Crippen LogP contribution in [0.15, 0.2) is 34.8 Å². The monoisotopic (exact) mass is 288 g/mol. The molecule has 0 saturated heterocycles. The zero-order valence-electron chi connectivity index (χ0n) is 6.80. The highest BCUT2D eigenvalue weighted by Crippen LogP contribution is 2.13. The standard InChI is InChI=1S/C10H10Br2/c1-8(11)5-6-9-3-2-4-10(12)7-9/h2-8H,1H3. The number of hydrogen-bond acceptors (Lipinski definition) is 0. The maximum absolute atomic E-state index is 3.45. The first-order chi connectivity index (χ1) is 5.68. The van der Waals surface area contributed by atoms with Crippen molar-refractivity contribution in [3.8, 4) is 0 Å². The van der Waals surface area contributed by atoms with Crippen molar-refractivity contribution < 1.29 is 0 Å². The summed E-state index contributed by atoms with van der Waals surface area (Å²) in [6.07, 6.45) is 4.21. The van der Waals surface area contributed by atoms with E-state index in [1.54, 1.807) is 0 Å². The molecule has 12 heavy (non-hydrogen) atoms. The predicted molar refractivity (Wildman–Crippen MR) is 61.6 cm³/mol. The molecule has 0 bridgehead atoms. The second-order valence-electron chi connectivity index (χ2n) is 2.59. The van der Waals surface area contributed by atoms with Gasteiger partial charge in [-0.1, -0.05) is 56.1 Å². The topological polar surface area (TPSA) is 0 Å². The average molecular weight is 290 g/mol. The molecule has 0 aliphatic rings. The van der Waals surface area contributed by atoms with E-state index in [0.717, 1.165) is 4.47 Å². The molecule has 0 nitrogen and oxygen atoms in total. The Kier molecular flexibility index (Phi) is 4.02. The fraction of sp³-hybridized carbons (Fsp3) is 0.200. The van der Waals surface area contributed by atoms with Crippen LogP contribution in [0.3, 0.4) is 0 Å². The van der Waals surface area contributed by atoms with Crippen molar-refractivity contribution in [3.63, 3.8) is 0 Å². The number of allylic oxidation sites excluding steroid dienone is 1. The molecule has 0 heterocycles. The van der Waals surface area contributed by atoms with Crippen LogP contribution < -0.4 is 0 Å². The van der Waals surface area contributed by atoms with E-state index in [1.165, 1.54) is 5.56 Å². The molecular weight excluding hydrogens is 280 g/mol. The van der Waals surface area contributed by atoms with E-state index in [9.17, 15) is 0 Å². The van der Waals surface area contributed by atoms with Crippen LogP contribution in [0.25, 0.3) is 6.08 Å². The van der Waals surface area contributed by atoms with Crippen LogP contribution in [0.1, 0.15) is 12.5 Å². The Balaban J connectivity index is 2.76. The summed E-state index contributed by atoms with van der Waals surface area (Å²) < 4.78 is 1.12. The SMILES string of the molecule is CC(Br)C=Cc1cccc(Br)c1. The average Bonchev–Trinajstić information content (AvgIpc) is 2.01. The van der Waals surface area contributed by atoms with Crippen LogP contribution in [0.2, 0.25) is 0 Å². The second-order valence-corrected chi connectivity index (χ2v) is 4.95. The number of halogens is 2. The first-order valence-corrected chi connectivity index (χ1v) is 5.47. The Bertz CT molecular complexity index is 277. The third-order valence-electron chi connectivity index (χ3n) is 1.40. The lowest BCUT2D eigenvalue weighted by Gasteiger charge is -1.95. The molecule has 0 aliphatic carbocycles. The summed E-state index contributed by atoms with van der Waals surface area (Å²) >= 11 is 6.88. The van der Waals surface area contributed by atoms with E-state index in [0.29, 0.717) is 4.83 Å². The van der Waals surface area contributed by atoms with Gasteiger partial charge in [-0.25, -0.2) is 0 Å². The van der Waals surface area contributed by atoms with Gasteiger partial charge in [0.05, 0.1) is 0 Å². The van der Waals surface area contributed by atoms with Gasteiger partial charge in [0.15, 0.2) is 0 Å². The minimum absolute atomic E-state index is 0.427. The largest absolute Gasteiger partial charge is 0.0848 e. The van der Waals surface area contributed by atoms with Gasteiger partial charge in [0.1, 0.15) is 0 Å². The smallest absolute Gasteiger partial charge is 0.0300 e. The van der Waals surface area contributed by atoms with Gasteiger partial charge in [0.2, 0.25) is 0 Å². The molecule has 0 saturated carbocycles. The molecule has 1 rings (SSSR count). The minimum Gasteiger partial charge on any atom is -0.0848 e. The Labute approximate surface area is 89.9 Å². The van der Waals surface area contributed by atoms with Crippen LogP contribution in [0.4, 0.5) is 0 Å². The van der Waals surface area contributed by atoms with Gasteiger partial charge in [-0.05, 0) is 24.6 Å². The Hall–Kier alpha value is -0.0800. The van der Waals surface area contributed by atoms with Crippen LogP contribution in [-0.4, -0.2) is 4.83 Å². The fourth-order valence-corrected chi connectivity index (χ4v) is 1.42. The zero-order valence-corrected chi connectivity index (χ0v) is 9.97. The van der Waals surface area contributed by atoms with Crippen molar-refractivity contribution in [2.75, 3.05) is 0 Å². The molecule has 0 N–H and O–H groups in total. The molecule has 2 heteroatoms. The summed E-state index contributed by atoms with van der Waals surface area (Å²) in [4.78, 5) is 0.427. The Morgan fingerprint density at radius 2 is 2.17 bits per heavy atom. The number of rotatable bonds is 2. The van der Waals surface area contributed by atoms with Crippen molar-refractivity contribution in [1.29, 1.82) is 0 Å². The van der Waals surface area contributed by atoms with Gasteiger partial charge < -0.3 is 0 Å². The third-order valence-corrected chi connectivity index (χ3v) is 2.20. The van der Waals surface area contributed by atoms with E-state index in [4.69, 9.17) is 0 Å². The lowest BCUT2D eigenvalue weighted by atomic mass is 10.2. The molecule has 1 aromatic rings. The summed E-state index contributed by atoms with van der Waals surface area (Å²) in [5.74, 6) is 0. The highest BCUT2D eigenvalue weighted by molar-refractivity contribution is 9.10. The van der Waals surface area contributed by atoms with Gasteiger partial charge in [-0.3, -0.25) is 0 Å². The van der Waals surface area contributed by atoms with Crippen molar-refractivity contribution in [2.24, 2.45) is 0 Å². The van der Waals surface area contributed by atoms with E-state index in [1.807, 2.05) is 12.1 Å². The molecule has 1 aromatic carbocycles. The summed E-state index contributed by atoms with van der Waals surface area (Å²) in [5, 5.41) is 0. The highest BCUT2D eigenvalue weighted by Gasteiger charge is 1.89. The lowest BCUT2D eigenvalue weighted by molar-refractivity contribution is 1.28. The van der Waals surface area contributed by atoms with Gasteiger partial charge in [0, 0.05) is 9.30 Å². The first-order valence-electron chi connectivity index (χ1n) is 3.76. The summed E-state index contributed by atoms with van der Waals surface area (Å²) in [6.45, 7) is 2.09. The number of alkyl halides is 1. The maximum atomic E-state index is 3.45. The van der Waals surface area contributed by atoms with Crippen molar-refractivity contribution >= 4 is 37.9 Å². The fourth-order valence-electron chi connectivity index (χ4n) is 0.854. The normalized spacial score (nSPS) is 13.6. The van der Waals surface area contributed by atoms with Crippen molar-refractivity contribution in [2.45, 2.75) is 11.8 Å². The van der Waals surface area contributed by atoms with Crippen LogP contribution in [0, 0.1) is 0 Å². The molecule has 0 fully saturated rings. The van der Waals surface area contributed by atoms with Gasteiger partial charge >= 0.3 is 0 Å². The van der Waals surface area contributed by atoms with Crippen LogP contribution in [0.5, 0.6) is 0 Å². The highest BCUT2D eigenvalue weighted by atomic mass is 79.9. The molecule has 0 amide bonds. The molecule has 1 unspecified atom stereocenters. The lowest BCUT2D eigenvalue weighted by Crippen LogP contribution is -1.79. The first kappa shape index (κ1) is 10.0. The summed E-state index contributed by atoms with van der Waals surface area (Å²) in [6, 6.07) is 8.22. The summed E-state index contributed by atoms with van der Waals surface area (Å²) in [5.41, 5.74) is 1.22. The molecule has 64 valence electrons. The van der Waals surface area contributed by atoms with Gasteiger partial charge in [-0.2, -0.15) is 0 Å². The molecule has 0 spiro atoms. The quantitative estimate of drug-likeness (QED) is 0.714. The van der Waals surface area contributed by atoms with Crippen LogP contribution in [-0.2, 0) is 0 Å². The predicted octanol–water partition coefficient (Wildman–Crippen LogP) is 4.25. The van der Waals surface area contributed by atoms with E-state index in [2.05, 4.69) is 63.1 Å². The number of hydrogen-bond donors (Lipinski definition) is 0. The third kappa shape index (κ3) is 3.55. The number of benzene rings is 1. The summed E-state index contributed by atoms with van der Waals surface area (Å²) in [7, 11) is 0. The van der Waals surface area contributed by atoms with Crippen molar-refractivity contribution in [1.82, 2.24) is 0 Å². The molecular formula is C10H10Br2. The molecule has 0 aromatic heterocycles. The van der Waals surface area contributed by atoms with E-state index in [-0.39, 0.29) is 0 Å². The van der Waals surface area contributed by atoms with Gasteiger partial charge in [-0.15, -0.1) is 0 Å². The van der Waals surface area contributed by atoms with Crippen LogP contribution >= 0.6 is 31.9 Å².